The summed E-state index contributed by atoms with van der Waals surface area (Å²) in [4.78, 5) is 12.1. The minimum absolute atomic E-state index is 0.0243. The van der Waals surface area contributed by atoms with E-state index in [1.54, 1.807) is 18.9 Å². The van der Waals surface area contributed by atoms with Gasteiger partial charge in [0.1, 0.15) is 5.75 Å². The highest BCUT2D eigenvalue weighted by Gasteiger charge is 2.07. The molecule has 2 rings (SSSR count). The normalized spacial score (nSPS) is 10.4. The number of carbonyl (C=O) groups is 1. The molecule has 122 valence electrons. The third-order valence-corrected chi connectivity index (χ3v) is 5.01. The summed E-state index contributed by atoms with van der Waals surface area (Å²) in [5.41, 5.74) is 4.26. The van der Waals surface area contributed by atoms with Crippen LogP contribution in [0.1, 0.15) is 16.7 Å². The third-order valence-electron chi connectivity index (χ3n) is 3.39. The van der Waals surface area contributed by atoms with E-state index in [1.807, 2.05) is 50.2 Å². The highest BCUT2D eigenvalue weighted by Crippen LogP contribution is 2.27. The molecule has 23 heavy (non-hydrogen) atoms. The summed E-state index contributed by atoms with van der Waals surface area (Å²) in [5.74, 6) is 2.04. The van der Waals surface area contributed by atoms with Crippen LogP contribution in [0.2, 0.25) is 0 Å². The summed E-state index contributed by atoms with van der Waals surface area (Å²) >= 11 is 5.07. The molecule has 0 aliphatic rings. The first-order valence-corrected chi connectivity index (χ1v) is 9.21. The lowest BCUT2D eigenvalue weighted by Crippen LogP contribution is -2.15. The lowest BCUT2D eigenvalue weighted by atomic mass is 10.1. The topological polar surface area (TPSA) is 38.3 Å². The number of methoxy groups -OCH3 is 1. The third kappa shape index (κ3) is 5.29. The quantitative estimate of drug-likeness (QED) is 0.754. The number of amides is 1. The van der Waals surface area contributed by atoms with Gasteiger partial charge in [-0.15, -0.1) is 11.8 Å². The molecule has 0 atom stereocenters. The average Bonchev–Trinajstić information content (AvgIpc) is 2.51. The van der Waals surface area contributed by atoms with E-state index >= 15 is 0 Å². The second kappa shape index (κ2) is 8.41. The summed E-state index contributed by atoms with van der Waals surface area (Å²) in [6.45, 7) is 4.02. The molecule has 3 nitrogen and oxygen atoms in total. The van der Waals surface area contributed by atoms with Crippen molar-refractivity contribution in [1.29, 1.82) is 0 Å². The Balaban J connectivity index is 1.85. The van der Waals surface area contributed by atoms with Gasteiger partial charge in [0, 0.05) is 11.4 Å². The van der Waals surface area contributed by atoms with E-state index in [1.165, 1.54) is 0 Å². The zero-order valence-corrected chi connectivity index (χ0v) is 15.9. The molecule has 2 aromatic carbocycles. The number of hydrogen-bond acceptors (Lipinski definition) is 3. The van der Waals surface area contributed by atoms with Crippen LogP contribution in [0.15, 0.2) is 40.9 Å². The van der Waals surface area contributed by atoms with E-state index < -0.39 is 0 Å². The van der Waals surface area contributed by atoms with Crippen molar-refractivity contribution in [2.24, 2.45) is 0 Å². The maximum Gasteiger partial charge on any atom is 0.234 e. The van der Waals surface area contributed by atoms with Crippen molar-refractivity contribution in [3.8, 4) is 5.75 Å². The van der Waals surface area contributed by atoms with Crippen LogP contribution in [0, 0.1) is 13.8 Å². The van der Waals surface area contributed by atoms with Gasteiger partial charge in [0.25, 0.3) is 0 Å². The number of thioether (sulfide) groups is 1. The Morgan fingerprint density at radius 1 is 1.22 bits per heavy atom. The van der Waals surface area contributed by atoms with Gasteiger partial charge in [-0.25, -0.2) is 0 Å². The average molecular weight is 394 g/mol. The monoisotopic (exact) mass is 393 g/mol. The van der Waals surface area contributed by atoms with Crippen molar-refractivity contribution < 1.29 is 9.53 Å². The molecule has 0 aliphatic carbocycles. The fraction of sp³-hybridized carbons (Fsp3) is 0.278. The number of benzene rings is 2. The molecule has 0 spiro atoms. The highest BCUT2D eigenvalue weighted by molar-refractivity contribution is 9.10. The number of halogens is 1. The van der Waals surface area contributed by atoms with Crippen LogP contribution in [0.4, 0.5) is 5.69 Å². The van der Waals surface area contributed by atoms with Crippen molar-refractivity contribution >= 4 is 39.3 Å². The van der Waals surface area contributed by atoms with Gasteiger partial charge in [0.2, 0.25) is 5.91 Å². The summed E-state index contributed by atoms with van der Waals surface area (Å²) in [6, 6.07) is 12.0. The van der Waals surface area contributed by atoms with Gasteiger partial charge >= 0.3 is 0 Å². The van der Waals surface area contributed by atoms with E-state index in [-0.39, 0.29) is 5.91 Å². The molecule has 0 aliphatic heterocycles. The predicted molar refractivity (Wildman–Crippen MR) is 101 cm³/mol. The van der Waals surface area contributed by atoms with Crippen molar-refractivity contribution in [2.75, 3.05) is 18.2 Å². The highest BCUT2D eigenvalue weighted by atomic mass is 79.9. The lowest BCUT2D eigenvalue weighted by Gasteiger charge is -2.10. The van der Waals surface area contributed by atoms with Gasteiger partial charge in [-0.1, -0.05) is 18.2 Å². The van der Waals surface area contributed by atoms with Crippen molar-refractivity contribution in [2.45, 2.75) is 19.6 Å². The van der Waals surface area contributed by atoms with E-state index in [9.17, 15) is 4.79 Å². The molecule has 0 heterocycles. The number of anilines is 1. The Labute approximate surface area is 149 Å². The first-order valence-electron chi connectivity index (χ1n) is 7.27. The van der Waals surface area contributed by atoms with Crippen LogP contribution in [0.5, 0.6) is 5.75 Å². The Morgan fingerprint density at radius 2 is 2.00 bits per heavy atom. The van der Waals surface area contributed by atoms with Crippen LogP contribution in [-0.2, 0) is 10.5 Å². The van der Waals surface area contributed by atoms with Crippen LogP contribution in [0.25, 0.3) is 0 Å². The molecule has 5 heteroatoms. The number of carbonyl (C=O) groups excluding carboxylic acids is 1. The smallest absolute Gasteiger partial charge is 0.234 e. The van der Waals surface area contributed by atoms with Gasteiger partial charge in [0.05, 0.1) is 17.3 Å². The largest absolute Gasteiger partial charge is 0.496 e. The first-order chi connectivity index (χ1) is 11.0. The zero-order valence-electron chi connectivity index (χ0n) is 13.5. The number of aryl methyl sites for hydroxylation is 2. The minimum atomic E-state index is 0.0243. The Hall–Kier alpha value is -1.46. The summed E-state index contributed by atoms with van der Waals surface area (Å²) in [6.07, 6.45) is 0. The summed E-state index contributed by atoms with van der Waals surface area (Å²) < 4.78 is 6.14. The molecule has 0 bridgehead atoms. The van der Waals surface area contributed by atoms with E-state index in [2.05, 4.69) is 21.2 Å². The minimum Gasteiger partial charge on any atom is -0.496 e. The van der Waals surface area contributed by atoms with Gasteiger partial charge in [-0.05, 0) is 64.7 Å². The molecule has 1 amide bonds. The van der Waals surface area contributed by atoms with Gasteiger partial charge in [-0.3, -0.25) is 4.79 Å². The molecule has 1 N–H and O–H groups in total. The zero-order chi connectivity index (χ0) is 16.8. The summed E-state index contributed by atoms with van der Waals surface area (Å²) in [7, 11) is 1.64. The second-order valence-electron chi connectivity index (χ2n) is 5.33. The molecule has 0 radical (unpaired) electrons. The molecule has 0 saturated carbocycles. The SMILES string of the molecule is COc1ccc(CSCC(=O)Nc2cc(C)ccc2C)cc1Br. The van der Waals surface area contributed by atoms with E-state index in [0.717, 1.165) is 38.4 Å². The maximum absolute atomic E-state index is 12.1. The number of hydrogen-bond donors (Lipinski definition) is 1. The Bertz CT molecular complexity index is 703. The Kier molecular flexibility index (Phi) is 6.54. The molecule has 0 aromatic heterocycles. The standard InChI is InChI=1S/C18H20BrNO2S/c1-12-4-5-13(2)16(8-12)20-18(21)11-23-10-14-6-7-17(22-3)15(19)9-14/h4-9H,10-11H2,1-3H3,(H,20,21). The number of ether oxygens (including phenoxy) is 1. The molecular weight excluding hydrogens is 374 g/mol. The van der Waals surface area contributed by atoms with Crippen LogP contribution >= 0.6 is 27.7 Å². The predicted octanol–water partition coefficient (Wildman–Crippen LogP) is 4.95. The number of rotatable bonds is 6. The Morgan fingerprint density at radius 3 is 2.70 bits per heavy atom. The fourth-order valence-electron chi connectivity index (χ4n) is 2.12. The summed E-state index contributed by atoms with van der Waals surface area (Å²) in [5, 5.41) is 2.98. The van der Waals surface area contributed by atoms with E-state index in [0.29, 0.717) is 5.75 Å². The van der Waals surface area contributed by atoms with Crippen molar-refractivity contribution in [3.63, 3.8) is 0 Å². The lowest BCUT2D eigenvalue weighted by molar-refractivity contribution is -0.113. The molecule has 0 saturated heterocycles. The van der Waals surface area contributed by atoms with Crippen LogP contribution in [0.3, 0.4) is 0 Å². The van der Waals surface area contributed by atoms with Gasteiger partial charge in [-0.2, -0.15) is 0 Å². The molecular formula is C18H20BrNO2S. The molecule has 2 aromatic rings. The molecule has 0 fully saturated rings. The molecule has 0 unspecified atom stereocenters. The fourth-order valence-corrected chi connectivity index (χ4v) is 3.48. The van der Waals surface area contributed by atoms with Crippen molar-refractivity contribution in [3.05, 3.63) is 57.6 Å². The number of nitrogens with one attached hydrogen (secondary N) is 1. The van der Waals surface area contributed by atoms with Crippen molar-refractivity contribution in [1.82, 2.24) is 0 Å². The van der Waals surface area contributed by atoms with E-state index in [4.69, 9.17) is 4.74 Å². The second-order valence-corrected chi connectivity index (χ2v) is 7.17. The van der Waals surface area contributed by atoms with Gasteiger partial charge in [0.15, 0.2) is 0 Å². The van der Waals surface area contributed by atoms with Gasteiger partial charge < -0.3 is 10.1 Å². The maximum atomic E-state index is 12.1. The van der Waals surface area contributed by atoms with Crippen LogP contribution < -0.4 is 10.1 Å². The van der Waals surface area contributed by atoms with Crippen LogP contribution in [-0.4, -0.2) is 18.8 Å². The first kappa shape index (κ1) is 17.9.